The van der Waals surface area contributed by atoms with Crippen LogP contribution in [0.15, 0.2) is 18.2 Å². The van der Waals surface area contributed by atoms with Crippen molar-refractivity contribution in [2.75, 3.05) is 13.2 Å². The van der Waals surface area contributed by atoms with E-state index in [-0.39, 0.29) is 5.69 Å². The van der Waals surface area contributed by atoms with Gasteiger partial charge in [-0.3, -0.25) is 10.1 Å². The van der Waals surface area contributed by atoms with Gasteiger partial charge in [0, 0.05) is 12.1 Å². The summed E-state index contributed by atoms with van der Waals surface area (Å²) >= 11 is 0. The molecule has 5 nitrogen and oxygen atoms in total. The van der Waals surface area contributed by atoms with Gasteiger partial charge in [0.05, 0.1) is 11.5 Å². The number of nitro groups is 1. The average molecular weight is 264 g/mol. The SMILES string of the molecule is Cc1cc([N+](=O)[O-])ccc1OCC1CCCC1CN. The molecule has 0 aliphatic heterocycles. The van der Waals surface area contributed by atoms with Crippen LogP contribution < -0.4 is 10.5 Å². The number of nitrogens with two attached hydrogens (primary N) is 1. The molecule has 19 heavy (non-hydrogen) atoms. The Morgan fingerprint density at radius 1 is 1.42 bits per heavy atom. The summed E-state index contributed by atoms with van der Waals surface area (Å²) in [6.45, 7) is 3.20. The maximum absolute atomic E-state index is 10.7. The second kappa shape index (κ2) is 6.02. The average Bonchev–Trinajstić information content (AvgIpc) is 2.84. The molecule has 1 aromatic rings. The topological polar surface area (TPSA) is 78.4 Å². The van der Waals surface area contributed by atoms with Crippen LogP contribution in [0.25, 0.3) is 0 Å². The van der Waals surface area contributed by atoms with Crippen LogP contribution >= 0.6 is 0 Å². The van der Waals surface area contributed by atoms with Crippen molar-refractivity contribution in [1.29, 1.82) is 0 Å². The highest BCUT2D eigenvalue weighted by Gasteiger charge is 2.26. The van der Waals surface area contributed by atoms with Crippen LogP contribution in [0.4, 0.5) is 5.69 Å². The van der Waals surface area contributed by atoms with E-state index < -0.39 is 4.92 Å². The largest absolute Gasteiger partial charge is 0.493 e. The number of nitro benzene ring substituents is 1. The third-order valence-corrected chi connectivity index (χ3v) is 3.94. The Morgan fingerprint density at radius 3 is 2.79 bits per heavy atom. The molecule has 5 heteroatoms. The van der Waals surface area contributed by atoms with Crippen molar-refractivity contribution in [3.63, 3.8) is 0 Å². The van der Waals surface area contributed by atoms with Crippen LogP contribution in [0.3, 0.4) is 0 Å². The third-order valence-electron chi connectivity index (χ3n) is 3.94. The minimum absolute atomic E-state index is 0.102. The Kier molecular flexibility index (Phi) is 4.37. The van der Waals surface area contributed by atoms with Crippen molar-refractivity contribution >= 4 is 5.69 Å². The monoisotopic (exact) mass is 264 g/mol. The Morgan fingerprint density at radius 2 is 2.16 bits per heavy atom. The van der Waals surface area contributed by atoms with Crippen LogP contribution in [0.1, 0.15) is 24.8 Å². The second-order valence-corrected chi connectivity index (χ2v) is 5.20. The zero-order valence-corrected chi connectivity index (χ0v) is 11.2. The van der Waals surface area contributed by atoms with Crippen molar-refractivity contribution in [2.45, 2.75) is 26.2 Å². The highest BCUT2D eigenvalue weighted by atomic mass is 16.6. The highest BCUT2D eigenvalue weighted by molar-refractivity contribution is 5.42. The number of benzene rings is 1. The minimum Gasteiger partial charge on any atom is -0.493 e. The van der Waals surface area contributed by atoms with Gasteiger partial charge in [0.15, 0.2) is 0 Å². The van der Waals surface area contributed by atoms with E-state index in [0.717, 1.165) is 17.7 Å². The summed E-state index contributed by atoms with van der Waals surface area (Å²) in [4.78, 5) is 10.3. The van der Waals surface area contributed by atoms with E-state index in [1.54, 1.807) is 12.1 Å². The third kappa shape index (κ3) is 3.23. The number of non-ortho nitro benzene ring substituents is 1. The van der Waals surface area contributed by atoms with E-state index in [0.29, 0.717) is 25.0 Å². The van der Waals surface area contributed by atoms with Gasteiger partial charge in [-0.05, 0) is 49.8 Å². The van der Waals surface area contributed by atoms with E-state index >= 15 is 0 Å². The Bertz CT molecular complexity index is 462. The number of aryl methyl sites for hydroxylation is 1. The van der Waals surface area contributed by atoms with Crippen molar-refractivity contribution in [2.24, 2.45) is 17.6 Å². The van der Waals surface area contributed by atoms with Crippen LogP contribution in [0.5, 0.6) is 5.75 Å². The first-order valence-electron chi connectivity index (χ1n) is 6.69. The molecule has 2 unspecified atom stereocenters. The summed E-state index contributed by atoms with van der Waals surface area (Å²) in [5, 5.41) is 10.7. The van der Waals surface area contributed by atoms with Gasteiger partial charge in [-0.25, -0.2) is 0 Å². The second-order valence-electron chi connectivity index (χ2n) is 5.20. The van der Waals surface area contributed by atoms with Gasteiger partial charge >= 0.3 is 0 Å². The molecule has 1 fully saturated rings. The fourth-order valence-corrected chi connectivity index (χ4v) is 2.75. The number of nitrogens with zero attached hydrogens (tertiary/aromatic N) is 1. The number of rotatable bonds is 5. The lowest BCUT2D eigenvalue weighted by atomic mass is 9.97. The first-order valence-corrected chi connectivity index (χ1v) is 6.69. The van der Waals surface area contributed by atoms with E-state index in [4.69, 9.17) is 10.5 Å². The van der Waals surface area contributed by atoms with Crippen LogP contribution in [0, 0.1) is 28.9 Å². The van der Waals surface area contributed by atoms with Gasteiger partial charge in [0.2, 0.25) is 0 Å². The fraction of sp³-hybridized carbons (Fsp3) is 0.571. The Labute approximate surface area is 112 Å². The van der Waals surface area contributed by atoms with Gasteiger partial charge in [-0.15, -0.1) is 0 Å². The van der Waals surface area contributed by atoms with Crippen LogP contribution in [-0.4, -0.2) is 18.1 Å². The molecule has 0 aromatic heterocycles. The summed E-state index contributed by atoms with van der Waals surface area (Å²) in [5.74, 6) is 1.80. The summed E-state index contributed by atoms with van der Waals surface area (Å²) in [6.07, 6.45) is 3.56. The lowest BCUT2D eigenvalue weighted by molar-refractivity contribution is -0.384. The van der Waals surface area contributed by atoms with Crippen molar-refractivity contribution in [3.05, 3.63) is 33.9 Å². The van der Waals surface area contributed by atoms with Crippen molar-refractivity contribution < 1.29 is 9.66 Å². The molecule has 2 rings (SSSR count). The summed E-state index contributed by atoms with van der Waals surface area (Å²) in [6, 6.07) is 4.71. The summed E-state index contributed by atoms with van der Waals surface area (Å²) in [7, 11) is 0. The molecule has 0 spiro atoms. The number of ether oxygens (including phenoxy) is 1. The fourth-order valence-electron chi connectivity index (χ4n) is 2.75. The maximum Gasteiger partial charge on any atom is 0.269 e. The predicted octanol–water partition coefficient (Wildman–Crippen LogP) is 2.66. The lowest BCUT2D eigenvalue weighted by Crippen LogP contribution is -2.23. The van der Waals surface area contributed by atoms with E-state index in [1.807, 2.05) is 6.92 Å². The summed E-state index contributed by atoms with van der Waals surface area (Å²) < 4.78 is 5.81. The molecule has 1 saturated carbocycles. The quantitative estimate of drug-likeness (QED) is 0.655. The standard InChI is InChI=1S/C14H20N2O3/c1-10-7-13(16(17)18)5-6-14(10)19-9-12-4-2-3-11(12)8-15/h5-7,11-12H,2-4,8-9,15H2,1H3. The molecule has 0 radical (unpaired) electrons. The first-order chi connectivity index (χ1) is 9.11. The van der Waals surface area contributed by atoms with Gasteiger partial charge in [0.25, 0.3) is 5.69 Å². The number of hydrogen-bond donors (Lipinski definition) is 1. The zero-order valence-electron chi connectivity index (χ0n) is 11.2. The smallest absolute Gasteiger partial charge is 0.269 e. The minimum atomic E-state index is -0.391. The molecular formula is C14H20N2O3. The Hall–Kier alpha value is -1.62. The molecule has 2 N–H and O–H groups in total. The molecule has 1 aliphatic carbocycles. The Balaban J connectivity index is 1.98. The van der Waals surface area contributed by atoms with Gasteiger partial charge in [0.1, 0.15) is 5.75 Å². The molecule has 1 aliphatic rings. The van der Waals surface area contributed by atoms with E-state index in [9.17, 15) is 10.1 Å². The zero-order chi connectivity index (χ0) is 13.8. The molecule has 0 saturated heterocycles. The van der Waals surface area contributed by atoms with Crippen LogP contribution in [-0.2, 0) is 0 Å². The highest BCUT2D eigenvalue weighted by Crippen LogP contribution is 2.32. The van der Waals surface area contributed by atoms with Crippen molar-refractivity contribution in [3.8, 4) is 5.75 Å². The molecule has 1 aromatic carbocycles. The summed E-state index contributed by atoms with van der Waals surface area (Å²) in [5.41, 5.74) is 6.65. The van der Waals surface area contributed by atoms with Gasteiger partial charge in [-0.2, -0.15) is 0 Å². The first kappa shape index (κ1) is 13.8. The van der Waals surface area contributed by atoms with Gasteiger partial charge < -0.3 is 10.5 Å². The normalized spacial score (nSPS) is 22.4. The van der Waals surface area contributed by atoms with Crippen molar-refractivity contribution in [1.82, 2.24) is 0 Å². The molecule has 104 valence electrons. The predicted molar refractivity (Wildman–Crippen MR) is 73.2 cm³/mol. The maximum atomic E-state index is 10.7. The molecule has 0 amide bonds. The van der Waals surface area contributed by atoms with Gasteiger partial charge in [-0.1, -0.05) is 6.42 Å². The molecule has 0 bridgehead atoms. The molecule has 2 atom stereocenters. The van der Waals surface area contributed by atoms with Crippen LogP contribution in [0.2, 0.25) is 0 Å². The lowest BCUT2D eigenvalue weighted by Gasteiger charge is -2.19. The van der Waals surface area contributed by atoms with E-state index in [1.165, 1.54) is 18.9 Å². The number of hydrogen-bond acceptors (Lipinski definition) is 4. The van der Waals surface area contributed by atoms with E-state index in [2.05, 4.69) is 0 Å². The molecule has 0 heterocycles. The molecular weight excluding hydrogens is 244 g/mol.